The normalized spacial score (nSPS) is 18.0. The van der Waals surface area contributed by atoms with Crippen LogP contribution in [0, 0.1) is 0 Å². The van der Waals surface area contributed by atoms with Gasteiger partial charge in [0.2, 0.25) is 5.95 Å². The number of halogens is 1. The molecule has 0 unspecified atom stereocenters. The van der Waals surface area contributed by atoms with E-state index >= 15 is 0 Å². The summed E-state index contributed by atoms with van der Waals surface area (Å²) >= 11 is 3.40. The number of rotatable bonds is 3. The van der Waals surface area contributed by atoms with E-state index in [0.29, 0.717) is 5.95 Å². The standard InChI is InChI=1S/C11H14BrN5/c12-8-2-3-9-15-10(16-17(9)6-8)14-7-11(13)4-1-5-11/h2-3,6H,1,4-5,7,13H2,(H,14,16). The van der Waals surface area contributed by atoms with E-state index in [4.69, 9.17) is 5.73 Å². The van der Waals surface area contributed by atoms with Gasteiger partial charge in [-0.15, -0.1) is 5.10 Å². The molecule has 1 saturated carbocycles. The minimum absolute atomic E-state index is 0.0575. The molecule has 0 radical (unpaired) electrons. The molecule has 0 aromatic carbocycles. The number of fused-ring (bicyclic) bond motifs is 1. The molecule has 2 heterocycles. The number of anilines is 1. The zero-order chi connectivity index (χ0) is 11.9. The number of aromatic nitrogens is 3. The minimum atomic E-state index is -0.0575. The van der Waals surface area contributed by atoms with Crippen molar-refractivity contribution in [3.05, 3.63) is 22.8 Å². The SMILES string of the molecule is NC1(CNc2nc3ccc(Br)cn3n2)CCC1. The molecule has 17 heavy (non-hydrogen) atoms. The van der Waals surface area contributed by atoms with Crippen molar-refractivity contribution in [3.8, 4) is 0 Å². The van der Waals surface area contributed by atoms with Crippen LogP contribution in [0.5, 0.6) is 0 Å². The van der Waals surface area contributed by atoms with Crippen molar-refractivity contribution in [3.63, 3.8) is 0 Å². The Hall–Kier alpha value is -1.14. The molecule has 3 rings (SSSR count). The molecule has 1 aliphatic carbocycles. The van der Waals surface area contributed by atoms with Gasteiger partial charge in [0.05, 0.1) is 0 Å². The van der Waals surface area contributed by atoms with E-state index in [1.54, 1.807) is 4.52 Å². The van der Waals surface area contributed by atoms with Crippen molar-refractivity contribution < 1.29 is 0 Å². The van der Waals surface area contributed by atoms with Crippen LogP contribution in [-0.2, 0) is 0 Å². The van der Waals surface area contributed by atoms with E-state index in [0.717, 1.165) is 29.5 Å². The lowest BCUT2D eigenvalue weighted by molar-refractivity contribution is 0.265. The Balaban J connectivity index is 1.76. The number of pyridine rings is 1. The highest BCUT2D eigenvalue weighted by Gasteiger charge is 2.32. The average molecular weight is 296 g/mol. The summed E-state index contributed by atoms with van der Waals surface area (Å²) in [5.74, 6) is 0.639. The fourth-order valence-corrected chi connectivity index (χ4v) is 2.32. The van der Waals surface area contributed by atoms with Crippen LogP contribution in [0.1, 0.15) is 19.3 Å². The second-order valence-electron chi connectivity index (χ2n) is 4.65. The molecule has 1 aliphatic rings. The lowest BCUT2D eigenvalue weighted by atomic mass is 9.78. The summed E-state index contributed by atoms with van der Waals surface area (Å²) < 4.78 is 2.73. The molecule has 0 spiro atoms. The first-order valence-corrected chi connectivity index (χ1v) is 6.49. The summed E-state index contributed by atoms with van der Waals surface area (Å²) in [5.41, 5.74) is 6.91. The summed E-state index contributed by atoms with van der Waals surface area (Å²) in [7, 11) is 0. The molecule has 2 aromatic heterocycles. The first-order valence-electron chi connectivity index (χ1n) is 5.69. The largest absolute Gasteiger partial charge is 0.351 e. The maximum absolute atomic E-state index is 6.14. The van der Waals surface area contributed by atoms with Gasteiger partial charge in [-0.1, -0.05) is 0 Å². The van der Waals surface area contributed by atoms with Crippen molar-refractivity contribution in [2.45, 2.75) is 24.8 Å². The molecule has 1 fully saturated rings. The van der Waals surface area contributed by atoms with E-state index in [9.17, 15) is 0 Å². The lowest BCUT2D eigenvalue weighted by Gasteiger charge is -2.37. The van der Waals surface area contributed by atoms with E-state index in [1.165, 1.54) is 6.42 Å². The fraction of sp³-hybridized carbons (Fsp3) is 0.455. The molecule has 0 amide bonds. The molecular formula is C11H14BrN5. The molecular weight excluding hydrogens is 282 g/mol. The van der Waals surface area contributed by atoms with Crippen LogP contribution in [0.15, 0.2) is 22.8 Å². The first kappa shape index (κ1) is 11.0. The van der Waals surface area contributed by atoms with Crippen LogP contribution in [0.2, 0.25) is 0 Å². The van der Waals surface area contributed by atoms with Crippen LogP contribution in [0.4, 0.5) is 5.95 Å². The summed E-state index contributed by atoms with van der Waals surface area (Å²) in [6.07, 6.45) is 5.27. The van der Waals surface area contributed by atoms with Crippen molar-refractivity contribution >= 4 is 27.5 Å². The van der Waals surface area contributed by atoms with Gasteiger partial charge in [-0.2, -0.15) is 4.98 Å². The summed E-state index contributed by atoms with van der Waals surface area (Å²) in [6.45, 7) is 0.741. The number of hydrogen-bond donors (Lipinski definition) is 2. The Morgan fingerprint density at radius 2 is 2.29 bits per heavy atom. The zero-order valence-corrected chi connectivity index (χ0v) is 10.9. The van der Waals surface area contributed by atoms with Crippen molar-refractivity contribution in [2.75, 3.05) is 11.9 Å². The van der Waals surface area contributed by atoms with Crippen LogP contribution < -0.4 is 11.1 Å². The Bertz CT molecular complexity index is 546. The smallest absolute Gasteiger partial charge is 0.243 e. The molecule has 5 nitrogen and oxygen atoms in total. The second kappa shape index (κ2) is 3.96. The van der Waals surface area contributed by atoms with Gasteiger partial charge in [-0.3, -0.25) is 0 Å². The number of hydrogen-bond acceptors (Lipinski definition) is 4. The lowest BCUT2D eigenvalue weighted by Crippen LogP contribution is -2.52. The number of nitrogens with two attached hydrogens (primary N) is 1. The monoisotopic (exact) mass is 295 g/mol. The molecule has 0 bridgehead atoms. The third-order valence-corrected chi connectivity index (χ3v) is 3.71. The summed E-state index contributed by atoms with van der Waals surface area (Å²) in [6, 6.07) is 3.87. The Kier molecular flexibility index (Phi) is 2.56. The molecule has 3 N–H and O–H groups in total. The van der Waals surface area contributed by atoms with Crippen molar-refractivity contribution in [1.29, 1.82) is 0 Å². The van der Waals surface area contributed by atoms with Crippen LogP contribution in [-0.4, -0.2) is 26.7 Å². The van der Waals surface area contributed by atoms with Gasteiger partial charge in [0.15, 0.2) is 5.65 Å². The van der Waals surface area contributed by atoms with Crippen molar-refractivity contribution in [1.82, 2.24) is 14.6 Å². The van der Waals surface area contributed by atoms with Crippen LogP contribution >= 0.6 is 15.9 Å². The highest BCUT2D eigenvalue weighted by Crippen LogP contribution is 2.28. The van der Waals surface area contributed by atoms with E-state index < -0.39 is 0 Å². The maximum atomic E-state index is 6.14. The van der Waals surface area contributed by atoms with Gasteiger partial charge in [-0.25, -0.2) is 4.52 Å². The number of nitrogens with zero attached hydrogens (tertiary/aromatic N) is 3. The quantitative estimate of drug-likeness (QED) is 0.906. The molecule has 6 heteroatoms. The van der Waals surface area contributed by atoms with E-state index in [2.05, 4.69) is 31.3 Å². The maximum Gasteiger partial charge on any atom is 0.243 e. The zero-order valence-electron chi connectivity index (χ0n) is 9.36. The van der Waals surface area contributed by atoms with E-state index in [1.807, 2.05) is 18.3 Å². The molecule has 0 aliphatic heterocycles. The molecule has 90 valence electrons. The van der Waals surface area contributed by atoms with Crippen LogP contribution in [0.3, 0.4) is 0 Å². The van der Waals surface area contributed by atoms with Gasteiger partial charge in [-0.05, 0) is 47.3 Å². The average Bonchev–Trinajstić information content (AvgIpc) is 2.65. The number of nitrogens with one attached hydrogen (secondary N) is 1. The third-order valence-electron chi connectivity index (χ3n) is 3.24. The summed E-state index contributed by atoms with van der Waals surface area (Å²) in [4.78, 5) is 4.38. The van der Waals surface area contributed by atoms with Gasteiger partial charge >= 0.3 is 0 Å². The third kappa shape index (κ3) is 2.14. The Morgan fingerprint density at radius 1 is 1.47 bits per heavy atom. The van der Waals surface area contributed by atoms with Gasteiger partial charge in [0.25, 0.3) is 0 Å². The topological polar surface area (TPSA) is 68.2 Å². The molecule has 0 atom stereocenters. The summed E-state index contributed by atoms with van der Waals surface area (Å²) in [5, 5.41) is 7.56. The van der Waals surface area contributed by atoms with Gasteiger partial charge < -0.3 is 11.1 Å². The predicted octanol–water partition coefficient (Wildman–Crippen LogP) is 1.79. The molecule has 0 saturated heterocycles. The Morgan fingerprint density at radius 3 is 3.00 bits per heavy atom. The van der Waals surface area contributed by atoms with E-state index in [-0.39, 0.29) is 5.54 Å². The first-order chi connectivity index (χ1) is 8.15. The highest BCUT2D eigenvalue weighted by atomic mass is 79.9. The minimum Gasteiger partial charge on any atom is -0.351 e. The second-order valence-corrected chi connectivity index (χ2v) is 5.57. The fourth-order valence-electron chi connectivity index (χ4n) is 2.00. The molecule has 2 aromatic rings. The Labute approximate surface area is 108 Å². The van der Waals surface area contributed by atoms with Crippen molar-refractivity contribution in [2.24, 2.45) is 5.73 Å². The van der Waals surface area contributed by atoms with Gasteiger partial charge in [0, 0.05) is 22.8 Å². The van der Waals surface area contributed by atoms with Crippen LogP contribution in [0.25, 0.3) is 5.65 Å². The predicted molar refractivity (Wildman–Crippen MR) is 69.9 cm³/mol. The highest BCUT2D eigenvalue weighted by molar-refractivity contribution is 9.10. The van der Waals surface area contributed by atoms with Gasteiger partial charge in [0.1, 0.15) is 0 Å².